The third kappa shape index (κ3) is 1.73. The largest absolute Gasteiger partial charge is 0.504 e. The Labute approximate surface area is 94.2 Å². The van der Waals surface area contributed by atoms with Crippen molar-refractivity contribution < 1.29 is 14.2 Å². The van der Waals surface area contributed by atoms with Crippen LogP contribution in [0.1, 0.15) is 30.0 Å². The molecule has 4 heteroatoms. The third-order valence-corrected chi connectivity index (χ3v) is 3.14. The van der Waals surface area contributed by atoms with E-state index in [4.69, 9.17) is 4.74 Å². The van der Waals surface area contributed by atoms with Gasteiger partial charge in [0.25, 0.3) is 0 Å². The van der Waals surface area contributed by atoms with Gasteiger partial charge in [-0.2, -0.15) is 0 Å². The van der Waals surface area contributed by atoms with Crippen molar-refractivity contribution in [3.63, 3.8) is 0 Å². The van der Waals surface area contributed by atoms with Gasteiger partial charge in [-0.05, 0) is 43.5 Å². The smallest absolute Gasteiger partial charge is 0.196 e. The van der Waals surface area contributed by atoms with Crippen molar-refractivity contribution >= 4 is 0 Å². The number of rotatable bonds is 2. The lowest BCUT2D eigenvalue weighted by Crippen LogP contribution is -2.14. The first kappa shape index (κ1) is 11.2. The van der Waals surface area contributed by atoms with E-state index in [9.17, 15) is 9.50 Å². The fraction of sp³-hybridized carbons (Fsp3) is 0.500. The molecule has 1 aliphatic heterocycles. The number of aromatic hydroxyl groups is 1. The highest BCUT2D eigenvalue weighted by atomic mass is 19.1. The van der Waals surface area contributed by atoms with Crippen LogP contribution >= 0.6 is 0 Å². The summed E-state index contributed by atoms with van der Waals surface area (Å²) in [6.07, 6.45) is 2.06. The molecular weight excluding hydrogens is 209 g/mol. The van der Waals surface area contributed by atoms with Crippen molar-refractivity contribution in [2.75, 3.05) is 13.7 Å². The van der Waals surface area contributed by atoms with Crippen molar-refractivity contribution in [3.05, 3.63) is 23.0 Å². The Morgan fingerprint density at radius 3 is 2.88 bits per heavy atom. The summed E-state index contributed by atoms with van der Waals surface area (Å²) >= 11 is 0. The Morgan fingerprint density at radius 2 is 2.31 bits per heavy atom. The minimum atomic E-state index is -0.505. The molecule has 0 amide bonds. The standard InChI is InChI=1S/C12H16FNO2/c1-7-8(10-4-3-5-14-10)6-9(13)12(16-2)11(7)15/h6,10,14-15H,3-5H2,1-2H3. The molecule has 2 N–H and O–H groups in total. The lowest BCUT2D eigenvalue weighted by Gasteiger charge is -2.17. The first-order valence-corrected chi connectivity index (χ1v) is 5.44. The maximum absolute atomic E-state index is 13.6. The molecule has 1 atom stereocenters. The number of benzene rings is 1. The molecule has 0 spiro atoms. The third-order valence-electron chi connectivity index (χ3n) is 3.14. The molecule has 1 aromatic rings. The normalized spacial score (nSPS) is 20.1. The predicted octanol–water partition coefficient (Wildman–Crippen LogP) is 2.27. The van der Waals surface area contributed by atoms with Gasteiger partial charge in [0.15, 0.2) is 17.3 Å². The molecule has 0 bridgehead atoms. The summed E-state index contributed by atoms with van der Waals surface area (Å²) in [5.74, 6) is -0.667. The predicted molar refractivity (Wildman–Crippen MR) is 59.3 cm³/mol. The molecule has 0 radical (unpaired) electrons. The lowest BCUT2D eigenvalue weighted by molar-refractivity contribution is 0.348. The molecule has 1 saturated heterocycles. The van der Waals surface area contributed by atoms with Crippen LogP contribution in [0.15, 0.2) is 6.07 Å². The van der Waals surface area contributed by atoms with E-state index in [1.807, 2.05) is 0 Å². The van der Waals surface area contributed by atoms with Crippen molar-refractivity contribution in [1.82, 2.24) is 5.32 Å². The van der Waals surface area contributed by atoms with E-state index in [0.717, 1.165) is 24.9 Å². The second-order valence-corrected chi connectivity index (χ2v) is 4.10. The zero-order chi connectivity index (χ0) is 11.7. The van der Waals surface area contributed by atoms with E-state index in [0.29, 0.717) is 5.56 Å². The van der Waals surface area contributed by atoms with Gasteiger partial charge in [0.1, 0.15) is 0 Å². The van der Waals surface area contributed by atoms with Crippen LogP contribution in [0, 0.1) is 12.7 Å². The van der Waals surface area contributed by atoms with Crippen molar-refractivity contribution in [3.8, 4) is 11.5 Å². The van der Waals surface area contributed by atoms with E-state index >= 15 is 0 Å². The highest BCUT2D eigenvalue weighted by Gasteiger charge is 2.23. The number of hydrogen-bond acceptors (Lipinski definition) is 3. The van der Waals surface area contributed by atoms with Crippen LogP contribution in [-0.2, 0) is 0 Å². The van der Waals surface area contributed by atoms with E-state index in [-0.39, 0.29) is 17.5 Å². The second kappa shape index (κ2) is 4.29. The van der Waals surface area contributed by atoms with Gasteiger partial charge in [-0.15, -0.1) is 0 Å². The number of hydrogen-bond donors (Lipinski definition) is 2. The molecule has 2 rings (SSSR count). The van der Waals surface area contributed by atoms with Crippen molar-refractivity contribution in [2.24, 2.45) is 0 Å². The first-order chi connectivity index (χ1) is 7.65. The monoisotopic (exact) mass is 225 g/mol. The number of nitrogens with one attached hydrogen (secondary N) is 1. The maximum atomic E-state index is 13.6. The molecule has 1 unspecified atom stereocenters. The number of phenols is 1. The summed E-state index contributed by atoms with van der Waals surface area (Å²) in [5, 5.41) is 13.1. The van der Waals surface area contributed by atoms with Gasteiger partial charge in [-0.25, -0.2) is 4.39 Å². The molecule has 0 aliphatic carbocycles. The number of methoxy groups -OCH3 is 1. The highest BCUT2D eigenvalue weighted by Crippen LogP contribution is 2.38. The van der Waals surface area contributed by atoms with Crippen LogP contribution in [0.4, 0.5) is 4.39 Å². The molecule has 1 aromatic carbocycles. The van der Waals surface area contributed by atoms with Gasteiger partial charge in [-0.3, -0.25) is 0 Å². The lowest BCUT2D eigenvalue weighted by atomic mass is 9.98. The fourth-order valence-electron chi connectivity index (χ4n) is 2.24. The molecule has 1 aliphatic rings. The zero-order valence-electron chi connectivity index (χ0n) is 9.51. The molecule has 3 nitrogen and oxygen atoms in total. The van der Waals surface area contributed by atoms with E-state index < -0.39 is 5.82 Å². The maximum Gasteiger partial charge on any atom is 0.196 e. The molecule has 1 heterocycles. The van der Waals surface area contributed by atoms with E-state index in [1.165, 1.54) is 13.2 Å². The number of phenolic OH excluding ortho intramolecular Hbond substituents is 1. The summed E-state index contributed by atoms with van der Waals surface area (Å²) in [6, 6.07) is 1.60. The van der Waals surface area contributed by atoms with Crippen molar-refractivity contribution in [1.29, 1.82) is 0 Å². The molecule has 16 heavy (non-hydrogen) atoms. The Kier molecular flexibility index (Phi) is 3.01. The average molecular weight is 225 g/mol. The highest BCUT2D eigenvalue weighted by molar-refractivity contribution is 5.51. The van der Waals surface area contributed by atoms with E-state index in [2.05, 4.69) is 5.32 Å². The van der Waals surface area contributed by atoms with Gasteiger partial charge in [0, 0.05) is 6.04 Å². The molecule has 1 fully saturated rings. The Morgan fingerprint density at radius 1 is 1.56 bits per heavy atom. The zero-order valence-corrected chi connectivity index (χ0v) is 9.51. The summed E-state index contributed by atoms with van der Waals surface area (Å²) in [5.41, 5.74) is 1.52. The SMILES string of the molecule is COc1c(F)cc(C2CCCN2)c(C)c1O. The Bertz CT molecular complexity index is 400. The van der Waals surface area contributed by atoms with Crippen LogP contribution in [-0.4, -0.2) is 18.8 Å². The fourth-order valence-corrected chi connectivity index (χ4v) is 2.24. The molecule has 0 aromatic heterocycles. The van der Waals surface area contributed by atoms with Gasteiger partial charge in [-0.1, -0.05) is 0 Å². The number of halogens is 1. The molecule has 88 valence electrons. The first-order valence-electron chi connectivity index (χ1n) is 5.44. The minimum Gasteiger partial charge on any atom is -0.504 e. The van der Waals surface area contributed by atoms with E-state index in [1.54, 1.807) is 6.92 Å². The Hall–Kier alpha value is -1.29. The average Bonchev–Trinajstić information content (AvgIpc) is 2.77. The van der Waals surface area contributed by atoms with Crippen LogP contribution in [0.5, 0.6) is 11.5 Å². The summed E-state index contributed by atoms with van der Waals surface area (Å²) in [6.45, 7) is 2.73. The van der Waals surface area contributed by atoms with Gasteiger partial charge >= 0.3 is 0 Å². The summed E-state index contributed by atoms with van der Waals surface area (Å²) in [7, 11) is 1.35. The molecular formula is C12H16FNO2. The second-order valence-electron chi connectivity index (χ2n) is 4.10. The van der Waals surface area contributed by atoms with Crippen LogP contribution in [0.3, 0.4) is 0 Å². The summed E-state index contributed by atoms with van der Waals surface area (Å²) < 4.78 is 18.5. The quantitative estimate of drug-likeness (QED) is 0.811. The molecule has 0 saturated carbocycles. The van der Waals surface area contributed by atoms with Gasteiger partial charge < -0.3 is 15.2 Å². The topological polar surface area (TPSA) is 41.5 Å². The minimum absolute atomic E-state index is 0.0701. The van der Waals surface area contributed by atoms with Gasteiger partial charge in [0.05, 0.1) is 7.11 Å². The van der Waals surface area contributed by atoms with Crippen LogP contribution < -0.4 is 10.1 Å². The van der Waals surface area contributed by atoms with Gasteiger partial charge in [0.2, 0.25) is 0 Å². The summed E-state index contributed by atoms with van der Waals surface area (Å²) in [4.78, 5) is 0. The Balaban J connectivity index is 2.46. The van der Waals surface area contributed by atoms with Crippen LogP contribution in [0.2, 0.25) is 0 Å². The van der Waals surface area contributed by atoms with Crippen LogP contribution in [0.25, 0.3) is 0 Å². The van der Waals surface area contributed by atoms with Crippen molar-refractivity contribution in [2.45, 2.75) is 25.8 Å². The number of ether oxygens (including phenoxy) is 1.